The summed E-state index contributed by atoms with van der Waals surface area (Å²) in [6.07, 6.45) is 12.1. The predicted molar refractivity (Wildman–Crippen MR) is 62.2 cm³/mol. The van der Waals surface area contributed by atoms with Crippen LogP contribution in [0.2, 0.25) is 0 Å². The Morgan fingerprint density at radius 2 is 2.07 bits per heavy atom. The van der Waals surface area contributed by atoms with Crippen LogP contribution < -0.4 is 0 Å². The molecule has 0 aliphatic heterocycles. The molecule has 82 valence electrons. The van der Waals surface area contributed by atoms with E-state index in [0.29, 0.717) is 0 Å². The van der Waals surface area contributed by atoms with E-state index < -0.39 is 0 Å². The first-order valence-corrected chi connectivity index (χ1v) is 6.38. The molecule has 2 aliphatic carbocycles. The Bertz CT molecular complexity index is 287. The first-order chi connectivity index (χ1) is 7.27. The molecule has 0 aromatic rings. The van der Waals surface area contributed by atoms with Gasteiger partial charge in [0.1, 0.15) is 0 Å². The van der Waals surface area contributed by atoms with Crippen molar-refractivity contribution in [1.29, 1.82) is 5.26 Å². The molecule has 0 atom stereocenters. The lowest BCUT2D eigenvalue weighted by Gasteiger charge is -2.37. The predicted octanol–water partition coefficient (Wildman–Crippen LogP) is 4.21. The molecule has 15 heavy (non-hydrogen) atoms. The van der Waals surface area contributed by atoms with Crippen LogP contribution in [0.15, 0.2) is 11.6 Å². The molecule has 0 aromatic carbocycles. The van der Waals surface area contributed by atoms with Crippen LogP contribution in [0.1, 0.15) is 58.3 Å². The molecule has 0 unspecified atom stereocenters. The molecule has 0 radical (unpaired) electrons. The highest BCUT2D eigenvalue weighted by atomic mass is 14.4. The third-order valence-electron chi connectivity index (χ3n) is 4.25. The minimum absolute atomic E-state index is 0.0626. The monoisotopic (exact) mass is 203 g/mol. The van der Waals surface area contributed by atoms with E-state index in [1.807, 2.05) is 0 Å². The maximum atomic E-state index is 9.49. The highest BCUT2D eigenvalue weighted by molar-refractivity contribution is 5.25. The smallest absolute Gasteiger partial charge is 0.0782 e. The van der Waals surface area contributed by atoms with Gasteiger partial charge in [-0.2, -0.15) is 5.26 Å². The van der Waals surface area contributed by atoms with E-state index >= 15 is 0 Å². The molecule has 1 heteroatoms. The zero-order valence-corrected chi connectivity index (χ0v) is 9.76. The molecular weight excluding hydrogens is 182 g/mol. The van der Waals surface area contributed by atoms with Crippen molar-refractivity contribution in [3.8, 4) is 6.07 Å². The van der Waals surface area contributed by atoms with Crippen LogP contribution in [-0.2, 0) is 0 Å². The molecule has 1 nitrogen and oxygen atoms in total. The minimum Gasteiger partial charge on any atom is -0.197 e. The van der Waals surface area contributed by atoms with Crippen molar-refractivity contribution in [3.63, 3.8) is 0 Å². The first kappa shape index (κ1) is 10.7. The van der Waals surface area contributed by atoms with Crippen LogP contribution in [0.5, 0.6) is 0 Å². The molecule has 1 saturated carbocycles. The summed E-state index contributed by atoms with van der Waals surface area (Å²) in [5, 5.41) is 9.49. The molecule has 0 spiro atoms. The molecule has 0 N–H and O–H groups in total. The lowest BCUT2D eigenvalue weighted by Crippen LogP contribution is -2.28. The maximum Gasteiger partial charge on any atom is 0.0782 e. The Labute approximate surface area is 93.2 Å². The van der Waals surface area contributed by atoms with Gasteiger partial charge in [-0.3, -0.25) is 0 Å². The molecule has 0 amide bonds. The molecule has 0 bridgehead atoms. The lowest BCUT2D eigenvalue weighted by atomic mass is 9.65. The topological polar surface area (TPSA) is 23.8 Å². The first-order valence-electron chi connectivity index (χ1n) is 6.38. The highest BCUT2D eigenvalue weighted by Crippen LogP contribution is 2.46. The average molecular weight is 203 g/mol. The van der Waals surface area contributed by atoms with Crippen molar-refractivity contribution in [2.45, 2.75) is 58.3 Å². The Balaban J connectivity index is 2.15. The quantitative estimate of drug-likeness (QED) is 0.586. The molecule has 1 fully saturated rings. The fourth-order valence-corrected chi connectivity index (χ4v) is 3.03. The maximum absolute atomic E-state index is 9.49. The van der Waals surface area contributed by atoms with Gasteiger partial charge in [0.2, 0.25) is 0 Å². The van der Waals surface area contributed by atoms with Crippen molar-refractivity contribution in [3.05, 3.63) is 11.6 Å². The summed E-state index contributed by atoms with van der Waals surface area (Å²) >= 11 is 0. The van der Waals surface area contributed by atoms with Crippen LogP contribution >= 0.6 is 0 Å². The van der Waals surface area contributed by atoms with E-state index in [2.05, 4.69) is 19.1 Å². The third kappa shape index (κ3) is 2.09. The van der Waals surface area contributed by atoms with Gasteiger partial charge in [-0.25, -0.2) is 0 Å². The highest BCUT2D eigenvalue weighted by Gasteiger charge is 2.37. The average Bonchev–Trinajstić information content (AvgIpc) is 2.32. The Morgan fingerprint density at radius 1 is 1.33 bits per heavy atom. The van der Waals surface area contributed by atoms with Gasteiger partial charge in [-0.05, 0) is 57.3 Å². The van der Waals surface area contributed by atoms with Gasteiger partial charge in [0.15, 0.2) is 0 Å². The van der Waals surface area contributed by atoms with Gasteiger partial charge < -0.3 is 0 Å². The van der Waals surface area contributed by atoms with E-state index in [4.69, 9.17) is 0 Å². The largest absolute Gasteiger partial charge is 0.197 e. The number of rotatable bonds is 1. The third-order valence-corrected chi connectivity index (χ3v) is 4.25. The van der Waals surface area contributed by atoms with E-state index in [1.54, 1.807) is 0 Å². The summed E-state index contributed by atoms with van der Waals surface area (Å²) in [7, 11) is 0. The van der Waals surface area contributed by atoms with Crippen LogP contribution in [0.3, 0.4) is 0 Å². The van der Waals surface area contributed by atoms with E-state index in [1.165, 1.54) is 44.1 Å². The number of allylic oxidation sites excluding steroid dienone is 2. The van der Waals surface area contributed by atoms with Gasteiger partial charge >= 0.3 is 0 Å². The van der Waals surface area contributed by atoms with Crippen molar-refractivity contribution >= 4 is 0 Å². The van der Waals surface area contributed by atoms with E-state index in [-0.39, 0.29) is 5.41 Å². The fraction of sp³-hybridized carbons (Fsp3) is 0.786. The molecule has 0 heterocycles. The van der Waals surface area contributed by atoms with Gasteiger partial charge in [0, 0.05) is 0 Å². The van der Waals surface area contributed by atoms with Crippen molar-refractivity contribution < 1.29 is 0 Å². The van der Waals surface area contributed by atoms with Crippen molar-refractivity contribution in [2.75, 3.05) is 0 Å². The minimum atomic E-state index is -0.0626. The molecule has 2 rings (SSSR count). The normalized spacial score (nSPS) is 36.8. The van der Waals surface area contributed by atoms with Gasteiger partial charge in [0.05, 0.1) is 11.5 Å². The Kier molecular flexibility index (Phi) is 3.14. The molecule has 0 saturated heterocycles. The van der Waals surface area contributed by atoms with Crippen LogP contribution in [-0.4, -0.2) is 0 Å². The van der Waals surface area contributed by atoms with Crippen molar-refractivity contribution in [2.24, 2.45) is 11.3 Å². The second kappa shape index (κ2) is 4.39. The summed E-state index contributed by atoms with van der Waals surface area (Å²) in [4.78, 5) is 0. The molecule has 2 aliphatic rings. The second-order valence-corrected chi connectivity index (χ2v) is 5.35. The summed E-state index contributed by atoms with van der Waals surface area (Å²) < 4.78 is 0. The number of hydrogen-bond acceptors (Lipinski definition) is 1. The molecular formula is C14H21N. The summed E-state index contributed by atoms with van der Waals surface area (Å²) in [5.74, 6) is 0.829. The standard InChI is InChI=1S/C14H21N/c1-12-7-9-14(11-15,10-8-12)13-5-3-2-4-6-13/h5,12H,2-4,6-10H2,1H3. The fourth-order valence-electron chi connectivity index (χ4n) is 3.03. The summed E-state index contributed by atoms with van der Waals surface area (Å²) in [6.45, 7) is 2.32. The second-order valence-electron chi connectivity index (χ2n) is 5.35. The van der Waals surface area contributed by atoms with Gasteiger partial charge in [0.25, 0.3) is 0 Å². The van der Waals surface area contributed by atoms with Gasteiger partial charge in [-0.1, -0.05) is 18.6 Å². The van der Waals surface area contributed by atoms with Crippen molar-refractivity contribution in [1.82, 2.24) is 0 Å². The van der Waals surface area contributed by atoms with Crippen LogP contribution in [0.25, 0.3) is 0 Å². The number of nitrogens with zero attached hydrogens (tertiary/aromatic N) is 1. The zero-order valence-electron chi connectivity index (χ0n) is 9.76. The SMILES string of the molecule is CC1CCC(C#N)(C2=CCCCC2)CC1. The van der Waals surface area contributed by atoms with Crippen LogP contribution in [0, 0.1) is 22.7 Å². The zero-order chi connectivity index (χ0) is 10.7. The molecule has 0 aromatic heterocycles. The van der Waals surface area contributed by atoms with E-state index in [0.717, 1.165) is 18.8 Å². The van der Waals surface area contributed by atoms with Crippen LogP contribution in [0.4, 0.5) is 0 Å². The number of hydrogen-bond donors (Lipinski definition) is 0. The number of nitriles is 1. The lowest BCUT2D eigenvalue weighted by molar-refractivity contribution is 0.249. The van der Waals surface area contributed by atoms with E-state index in [9.17, 15) is 5.26 Å². The summed E-state index contributed by atoms with van der Waals surface area (Å²) in [6, 6.07) is 2.64. The Hall–Kier alpha value is -0.770. The van der Waals surface area contributed by atoms with Gasteiger partial charge in [-0.15, -0.1) is 0 Å². The summed E-state index contributed by atoms with van der Waals surface area (Å²) in [5.41, 5.74) is 1.41. The Morgan fingerprint density at radius 3 is 2.60 bits per heavy atom.